The number of carbonyl (C=O) groups is 1. The second-order valence-electron chi connectivity index (χ2n) is 5.36. The van der Waals surface area contributed by atoms with E-state index >= 15 is 0 Å². The largest absolute Gasteiger partial charge is 0.496 e. The highest BCUT2D eigenvalue weighted by atomic mass is 19.1. The van der Waals surface area contributed by atoms with Gasteiger partial charge in [-0.3, -0.25) is 4.79 Å². The number of nitrogens with two attached hydrogens (primary N) is 1. The maximum Gasteiger partial charge on any atom is 0.258 e. The van der Waals surface area contributed by atoms with Gasteiger partial charge in [-0.1, -0.05) is 6.92 Å². The number of carbonyl (C=O) groups excluding carboxylic acids is 1. The molecule has 1 aliphatic heterocycles. The van der Waals surface area contributed by atoms with Gasteiger partial charge in [-0.2, -0.15) is 0 Å². The van der Waals surface area contributed by atoms with Gasteiger partial charge in [0.2, 0.25) is 0 Å². The SMILES string of the molecule is COc1ccc(F)cc1C(=O)N1CCC(C)CC1CN. The molecule has 0 spiro atoms. The summed E-state index contributed by atoms with van der Waals surface area (Å²) in [7, 11) is 1.47. The first kappa shape index (κ1) is 14.8. The molecule has 2 unspecified atom stereocenters. The average Bonchev–Trinajstić information content (AvgIpc) is 2.46. The quantitative estimate of drug-likeness (QED) is 0.921. The smallest absolute Gasteiger partial charge is 0.258 e. The monoisotopic (exact) mass is 280 g/mol. The Hall–Kier alpha value is -1.62. The van der Waals surface area contributed by atoms with E-state index in [4.69, 9.17) is 10.5 Å². The second-order valence-corrected chi connectivity index (χ2v) is 5.36. The van der Waals surface area contributed by atoms with Crippen LogP contribution in [-0.2, 0) is 0 Å². The molecule has 1 heterocycles. The van der Waals surface area contributed by atoms with E-state index in [1.807, 2.05) is 0 Å². The molecule has 1 aliphatic rings. The predicted octanol–water partition coefficient (Wildman–Crippen LogP) is 2.03. The number of nitrogens with zero attached hydrogens (tertiary/aromatic N) is 1. The summed E-state index contributed by atoms with van der Waals surface area (Å²) in [6.45, 7) is 3.24. The van der Waals surface area contributed by atoms with E-state index in [9.17, 15) is 9.18 Å². The number of hydrogen-bond acceptors (Lipinski definition) is 3. The molecule has 1 amide bonds. The predicted molar refractivity (Wildman–Crippen MR) is 75.2 cm³/mol. The van der Waals surface area contributed by atoms with Crippen molar-refractivity contribution < 1.29 is 13.9 Å². The lowest BCUT2D eigenvalue weighted by molar-refractivity contribution is 0.0570. The number of benzene rings is 1. The molecule has 0 bridgehead atoms. The maximum absolute atomic E-state index is 13.4. The summed E-state index contributed by atoms with van der Waals surface area (Å²) in [5, 5.41) is 0. The molecule has 0 radical (unpaired) electrons. The zero-order valence-corrected chi connectivity index (χ0v) is 11.9. The van der Waals surface area contributed by atoms with Crippen molar-refractivity contribution in [3.05, 3.63) is 29.6 Å². The lowest BCUT2D eigenvalue weighted by Gasteiger charge is -2.38. The summed E-state index contributed by atoms with van der Waals surface area (Å²) < 4.78 is 18.6. The van der Waals surface area contributed by atoms with Crippen molar-refractivity contribution in [2.24, 2.45) is 11.7 Å². The zero-order valence-electron chi connectivity index (χ0n) is 11.9. The van der Waals surface area contributed by atoms with Crippen molar-refractivity contribution in [1.29, 1.82) is 0 Å². The number of hydrogen-bond donors (Lipinski definition) is 1. The van der Waals surface area contributed by atoms with E-state index in [-0.39, 0.29) is 17.5 Å². The van der Waals surface area contributed by atoms with Crippen LogP contribution in [0, 0.1) is 11.7 Å². The fourth-order valence-corrected chi connectivity index (χ4v) is 2.74. The minimum Gasteiger partial charge on any atom is -0.496 e. The molecule has 5 heteroatoms. The number of amides is 1. The van der Waals surface area contributed by atoms with Crippen molar-refractivity contribution in [2.75, 3.05) is 20.2 Å². The topological polar surface area (TPSA) is 55.6 Å². The minimum atomic E-state index is -0.441. The molecule has 0 aliphatic carbocycles. The first-order valence-electron chi connectivity index (χ1n) is 6.91. The molecule has 20 heavy (non-hydrogen) atoms. The van der Waals surface area contributed by atoms with Crippen molar-refractivity contribution in [3.8, 4) is 5.75 Å². The lowest BCUT2D eigenvalue weighted by Crippen LogP contribution is -2.49. The second kappa shape index (κ2) is 6.22. The molecule has 1 saturated heterocycles. The number of methoxy groups -OCH3 is 1. The molecule has 110 valence electrons. The Kier molecular flexibility index (Phi) is 4.60. The van der Waals surface area contributed by atoms with Crippen LogP contribution in [0.25, 0.3) is 0 Å². The maximum atomic E-state index is 13.4. The summed E-state index contributed by atoms with van der Waals surface area (Å²) >= 11 is 0. The first-order valence-corrected chi connectivity index (χ1v) is 6.91. The number of ether oxygens (including phenoxy) is 1. The van der Waals surface area contributed by atoms with E-state index in [1.54, 1.807) is 4.90 Å². The number of piperidine rings is 1. The Bertz CT molecular complexity index is 493. The van der Waals surface area contributed by atoms with E-state index in [2.05, 4.69) is 6.92 Å². The third kappa shape index (κ3) is 2.93. The van der Waals surface area contributed by atoms with Crippen LogP contribution in [-0.4, -0.2) is 37.0 Å². The highest BCUT2D eigenvalue weighted by molar-refractivity contribution is 5.97. The third-order valence-electron chi connectivity index (χ3n) is 3.90. The molecule has 2 rings (SSSR count). The normalized spacial score (nSPS) is 22.7. The van der Waals surface area contributed by atoms with Crippen LogP contribution in [0.2, 0.25) is 0 Å². The van der Waals surface area contributed by atoms with Gasteiger partial charge < -0.3 is 15.4 Å². The fraction of sp³-hybridized carbons (Fsp3) is 0.533. The first-order chi connectivity index (χ1) is 9.56. The van der Waals surface area contributed by atoms with Gasteiger partial charge in [-0.15, -0.1) is 0 Å². The van der Waals surface area contributed by atoms with Gasteiger partial charge in [0.05, 0.1) is 12.7 Å². The molecule has 2 atom stereocenters. The van der Waals surface area contributed by atoms with Gasteiger partial charge in [-0.25, -0.2) is 4.39 Å². The van der Waals surface area contributed by atoms with Crippen molar-refractivity contribution in [1.82, 2.24) is 4.90 Å². The number of likely N-dealkylation sites (tertiary alicyclic amines) is 1. The van der Waals surface area contributed by atoms with E-state index in [0.717, 1.165) is 12.8 Å². The van der Waals surface area contributed by atoms with Gasteiger partial charge in [0.1, 0.15) is 11.6 Å². The molecule has 1 aromatic rings. The molecule has 2 N–H and O–H groups in total. The van der Waals surface area contributed by atoms with Crippen LogP contribution < -0.4 is 10.5 Å². The summed E-state index contributed by atoms with van der Waals surface area (Å²) in [5.74, 6) is 0.306. The fourth-order valence-electron chi connectivity index (χ4n) is 2.74. The molecule has 4 nitrogen and oxygen atoms in total. The molecule has 0 saturated carbocycles. The van der Waals surface area contributed by atoms with Crippen LogP contribution in [0.4, 0.5) is 4.39 Å². The standard InChI is InChI=1S/C15H21FN2O2/c1-10-5-6-18(12(7-10)9-17)15(19)13-8-11(16)3-4-14(13)20-2/h3-4,8,10,12H,5-7,9,17H2,1-2H3. The Labute approximate surface area is 118 Å². The number of halogens is 1. The Morgan fingerprint density at radius 1 is 1.55 bits per heavy atom. The highest BCUT2D eigenvalue weighted by Gasteiger charge is 2.31. The van der Waals surface area contributed by atoms with Crippen LogP contribution in [0.1, 0.15) is 30.1 Å². The van der Waals surface area contributed by atoms with Crippen LogP contribution in [0.5, 0.6) is 5.75 Å². The van der Waals surface area contributed by atoms with Crippen LogP contribution in [0.15, 0.2) is 18.2 Å². The van der Waals surface area contributed by atoms with E-state index in [1.165, 1.54) is 25.3 Å². The average molecular weight is 280 g/mol. The number of rotatable bonds is 3. The summed E-state index contributed by atoms with van der Waals surface area (Å²) in [6.07, 6.45) is 1.83. The van der Waals surface area contributed by atoms with E-state index in [0.29, 0.717) is 24.8 Å². The van der Waals surface area contributed by atoms with Gasteiger partial charge >= 0.3 is 0 Å². The van der Waals surface area contributed by atoms with Crippen molar-refractivity contribution in [2.45, 2.75) is 25.8 Å². The van der Waals surface area contributed by atoms with Gasteiger partial charge in [0, 0.05) is 19.1 Å². The Morgan fingerprint density at radius 2 is 2.30 bits per heavy atom. The molecular weight excluding hydrogens is 259 g/mol. The molecule has 0 aromatic heterocycles. The van der Waals surface area contributed by atoms with Crippen LogP contribution in [0.3, 0.4) is 0 Å². The van der Waals surface area contributed by atoms with Crippen molar-refractivity contribution >= 4 is 5.91 Å². The third-order valence-corrected chi connectivity index (χ3v) is 3.90. The molecule has 1 fully saturated rings. The van der Waals surface area contributed by atoms with Gasteiger partial charge in [-0.05, 0) is 37.0 Å². The molecule has 1 aromatic carbocycles. The van der Waals surface area contributed by atoms with Crippen molar-refractivity contribution in [3.63, 3.8) is 0 Å². The highest BCUT2D eigenvalue weighted by Crippen LogP contribution is 2.27. The summed E-state index contributed by atoms with van der Waals surface area (Å²) in [6, 6.07) is 4.01. The zero-order chi connectivity index (χ0) is 14.7. The summed E-state index contributed by atoms with van der Waals surface area (Å²) in [4.78, 5) is 14.4. The Balaban J connectivity index is 2.28. The Morgan fingerprint density at radius 3 is 2.95 bits per heavy atom. The minimum absolute atomic E-state index is 0.0132. The van der Waals surface area contributed by atoms with Gasteiger partial charge in [0.15, 0.2) is 0 Å². The lowest BCUT2D eigenvalue weighted by atomic mass is 9.92. The van der Waals surface area contributed by atoms with E-state index < -0.39 is 5.82 Å². The molecular formula is C15H21FN2O2. The summed E-state index contributed by atoms with van der Waals surface area (Å²) in [5.41, 5.74) is 6.04. The van der Waals surface area contributed by atoms with Crippen LogP contribution >= 0.6 is 0 Å². The van der Waals surface area contributed by atoms with Gasteiger partial charge in [0.25, 0.3) is 5.91 Å².